The number of aromatic nitrogens is 2. The molecule has 3 aromatic rings. The SMILES string of the molecule is CC(C)[C@@H](CO)Nc1nc(Nc2ccc(I)cc2F)cc(-c2cccc(OC(F)(F)F)c2)n1. The largest absolute Gasteiger partial charge is 0.573 e. The van der Waals surface area contributed by atoms with Crippen molar-refractivity contribution in [1.29, 1.82) is 0 Å². The fourth-order valence-corrected chi connectivity index (χ4v) is 3.35. The summed E-state index contributed by atoms with van der Waals surface area (Å²) in [5.41, 5.74) is 0.773. The van der Waals surface area contributed by atoms with E-state index in [0.717, 1.165) is 0 Å². The average Bonchev–Trinajstić information content (AvgIpc) is 2.72. The third kappa shape index (κ3) is 7.16. The van der Waals surface area contributed by atoms with E-state index < -0.39 is 17.9 Å². The molecule has 2 aromatic carbocycles. The number of anilines is 3. The Bertz CT molecular complexity index is 1110. The lowest BCUT2D eigenvalue weighted by Gasteiger charge is -2.21. The molecule has 0 radical (unpaired) electrons. The van der Waals surface area contributed by atoms with Crippen LogP contribution in [0.15, 0.2) is 48.5 Å². The maximum absolute atomic E-state index is 14.4. The molecule has 0 saturated heterocycles. The summed E-state index contributed by atoms with van der Waals surface area (Å²) in [6, 6.07) is 11.1. The van der Waals surface area contributed by atoms with Crippen LogP contribution < -0.4 is 15.4 Å². The van der Waals surface area contributed by atoms with Gasteiger partial charge in [0.25, 0.3) is 0 Å². The van der Waals surface area contributed by atoms with E-state index >= 15 is 0 Å². The van der Waals surface area contributed by atoms with Gasteiger partial charge in [0.2, 0.25) is 5.95 Å². The predicted molar refractivity (Wildman–Crippen MR) is 126 cm³/mol. The second kappa shape index (κ2) is 10.5. The van der Waals surface area contributed by atoms with Gasteiger partial charge in [0.05, 0.1) is 24.0 Å². The molecule has 1 aromatic heterocycles. The molecular weight excluding hydrogens is 555 g/mol. The van der Waals surface area contributed by atoms with Crippen LogP contribution in [0.25, 0.3) is 11.3 Å². The van der Waals surface area contributed by atoms with Crippen LogP contribution >= 0.6 is 22.6 Å². The van der Waals surface area contributed by atoms with E-state index in [1.54, 1.807) is 18.2 Å². The highest BCUT2D eigenvalue weighted by Gasteiger charge is 2.31. The zero-order chi connectivity index (χ0) is 24.2. The van der Waals surface area contributed by atoms with E-state index in [-0.39, 0.29) is 41.7 Å². The van der Waals surface area contributed by atoms with Crippen LogP contribution in [0, 0.1) is 15.3 Å². The van der Waals surface area contributed by atoms with Gasteiger partial charge < -0.3 is 20.5 Å². The first-order chi connectivity index (χ1) is 15.5. The van der Waals surface area contributed by atoms with Crippen molar-refractivity contribution in [3.63, 3.8) is 0 Å². The number of benzene rings is 2. The van der Waals surface area contributed by atoms with Crippen LogP contribution in [0.2, 0.25) is 0 Å². The van der Waals surface area contributed by atoms with Crippen LogP contribution in [0.4, 0.5) is 35.0 Å². The monoisotopic (exact) mass is 576 g/mol. The summed E-state index contributed by atoms with van der Waals surface area (Å²) >= 11 is 1.99. The van der Waals surface area contributed by atoms with Gasteiger partial charge in [0.15, 0.2) is 0 Å². The molecule has 0 saturated carbocycles. The molecule has 0 unspecified atom stereocenters. The second-order valence-electron chi connectivity index (χ2n) is 7.46. The Labute approximate surface area is 201 Å². The molecule has 3 rings (SSSR count). The fourth-order valence-electron chi connectivity index (χ4n) is 2.89. The molecule has 0 bridgehead atoms. The van der Waals surface area contributed by atoms with Crippen LogP contribution in [0.5, 0.6) is 5.75 Å². The highest BCUT2D eigenvalue weighted by atomic mass is 127. The highest BCUT2D eigenvalue weighted by Crippen LogP contribution is 2.30. The van der Waals surface area contributed by atoms with E-state index in [1.165, 1.54) is 30.3 Å². The first-order valence-electron chi connectivity index (χ1n) is 9.89. The minimum atomic E-state index is -4.84. The summed E-state index contributed by atoms with van der Waals surface area (Å²) < 4.78 is 57.0. The van der Waals surface area contributed by atoms with E-state index in [9.17, 15) is 22.7 Å². The number of aliphatic hydroxyl groups is 1. The fraction of sp³-hybridized carbons (Fsp3) is 0.273. The summed E-state index contributed by atoms with van der Waals surface area (Å²) in [7, 11) is 0. The van der Waals surface area contributed by atoms with Crippen LogP contribution in [-0.4, -0.2) is 34.1 Å². The summed E-state index contributed by atoms with van der Waals surface area (Å²) in [5, 5.41) is 15.6. The molecule has 1 heterocycles. The number of nitrogens with zero attached hydrogens (tertiary/aromatic N) is 2. The highest BCUT2D eigenvalue weighted by molar-refractivity contribution is 14.1. The molecule has 11 heteroatoms. The quantitative estimate of drug-likeness (QED) is 0.227. The summed E-state index contributed by atoms with van der Waals surface area (Å²) in [5.74, 6) is -0.522. The molecule has 0 amide bonds. The van der Waals surface area contributed by atoms with Crippen molar-refractivity contribution in [3.8, 4) is 17.0 Å². The Morgan fingerprint density at radius 2 is 1.85 bits per heavy atom. The Morgan fingerprint density at radius 1 is 1.09 bits per heavy atom. The Morgan fingerprint density at radius 3 is 2.48 bits per heavy atom. The number of aliphatic hydroxyl groups excluding tert-OH is 1. The van der Waals surface area contributed by atoms with Crippen molar-refractivity contribution in [3.05, 3.63) is 57.9 Å². The lowest BCUT2D eigenvalue weighted by atomic mass is 10.1. The van der Waals surface area contributed by atoms with E-state index in [4.69, 9.17) is 0 Å². The third-order valence-electron chi connectivity index (χ3n) is 4.60. The van der Waals surface area contributed by atoms with E-state index in [1.807, 2.05) is 36.4 Å². The zero-order valence-electron chi connectivity index (χ0n) is 17.6. The average molecular weight is 576 g/mol. The van der Waals surface area contributed by atoms with Crippen molar-refractivity contribution in [2.45, 2.75) is 26.3 Å². The smallest absolute Gasteiger partial charge is 0.406 e. The number of nitrogens with one attached hydrogen (secondary N) is 2. The number of ether oxygens (including phenoxy) is 1. The topological polar surface area (TPSA) is 79.3 Å². The third-order valence-corrected chi connectivity index (χ3v) is 5.27. The van der Waals surface area contributed by atoms with Crippen molar-refractivity contribution in [2.24, 2.45) is 5.92 Å². The molecule has 0 aliphatic rings. The summed E-state index contributed by atoms with van der Waals surface area (Å²) in [6.45, 7) is 3.61. The standard InChI is InChI=1S/C22H21F4IN4O2/c1-12(2)19(11-32)30-21-29-18(13-4-3-5-15(8-13)33-22(24,25)26)10-20(31-21)28-17-7-6-14(27)9-16(17)23/h3-10,12,19,32H,11H2,1-2H3,(H2,28,29,30,31)/t19-/m1/s1. The lowest BCUT2D eigenvalue weighted by molar-refractivity contribution is -0.274. The zero-order valence-corrected chi connectivity index (χ0v) is 19.8. The number of halogens is 5. The molecule has 33 heavy (non-hydrogen) atoms. The van der Waals surface area contributed by atoms with Crippen LogP contribution in [0.3, 0.4) is 0 Å². The Kier molecular flexibility index (Phi) is 7.95. The van der Waals surface area contributed by atoms with Gasteiger partial charge >= 0.3 is 6.36 Å². The molecule has 0 spiro atoms. The Balaban J connectivity index is 2.02. The summed E-state index contributed by atoms with van der Waals surface area (Å²) in [6.07, 6.45) is -4.84. The van der Waals surface area contributed by atoms with Gasteiger partial charge in [-0.25, -0.2) is 9.37 Å². The molecular formula is C22H21F4IN4O2. The van der Waals surface area contributed by atoms with E-state index in [2.05, 4.69) is 25.3 Å². The Hall–Kier alpha value is -2.67. The maximum Gasteiger partial charge on any atom is 0.573 e. The molecule has 0 aliphatic heterocycles. The molecule has 1 atom stereocenters. The molecule has 0 aliphatic carbocycles. The van der Waals surface area contributed by atoms with Gasteiger partial charge in [-0.1, -0.05) is 26.0 Å². The van der Waals surface area contributed by atoms with Gasteiger partial charge in [-0.2, -0.15) is 4.98 Å². The minimum absolute atomic E-state index is 0.0378. The number of rotatable bonds is 8. The second-order valence-corrected chi connectivity index (χ2v) is 8.71. The van der Waals surface area contributed by atoms with Crippen molar-refractivity contribution < 1.29 is 27.4 Å². The molecule has 0 fully saturated rings. The molecule has 3 N–H and O–H groups in total. The van der Waals surface area contributed by atoms with Gasteiger partial charge in [-0.15, -0.1) is 13.2 Å². The first-order valence-corrected chi connectivity index (χ1v) is 11.0. The predicted octanol–water partition coefficient (Wildman–Crippen LogP) is 5.96. The minimum Gasteiger partial charge on any atom is -0.406 e. The summed E-state index contributed by atoms with van der Waals surface area (Å²) in [4.78, 5) is 8.73. The van der Waals surface area contributed by atoms with Crippen molar-refractivity contribution >= 4 is 40.0 Å². The lowest BCUT2D eigenvalue weighted by Crippen LogP contribution is -2.30. The van der Waals surface area contributed by atoms with Crippen LogP contribution in [-0.2, 0) is 0 Å². The van der Waals surface area contributed by atoms with Gasteiger partial charge in [0.1, 0.15) is 17.4 Å². The molecule has 6 nitrogen and oxygen atoms in total. The molecule has 176 valence electrons. The van der Waals surface area contributed by atoms with Crippen molar-refractivity contribution in [1.82, 2.24) is 9.97 Å². The normalized spacial score (nSPS) is 12.5. The van der Waals surface area contributed by atoms with Gasteiger partial charge in [-0.3, -0.25) is 0 Å². The first kappa shape index (κ1) is 25.0. The van der Waals surface area contributed by atoms with Gasteiger partial charge in [0, 0.05) is 15.2 Å². The van der Waals surface area contributed by atoms with Crippen LogP contribution in [0.1, 0.15) is 13.8 Å². The maximum atomic E-state index is 14.4. The number of hydrogen-bond acceptors (Lipinski definition) is 6. The number of hydrogen-bond donors (Lipinski definition) is 3. The number of alkyl halides is 3. The van der Waals surface area contributed by atoms with Crippen molar-refractivity contribution in [2.75, 3.05) is 17.2 Å². The van der Waals surface area contributed by atoms with E-state index in [0.29, 0.717) is 9.13 Å². The van der Waals surface area contributed by atoms with Gasteiger partial charge in [-0.05, 0) is 58.8 Å².